The minimum atomic E-state index is 0.0484. The molecule has 5 nitrogen and oxygen atoms in total. The molecule has 0 aliphatic carbocycles. The fourth-order valence-corrected chi connectivity index (χ4v) is 3.90. The van der Waals surface area contributed by atoms with Crippen LogP contribution < -0.4 is 5.32 Å². The first-order chi connectivity index (χ1) is 13.6. The topological polar surface area (TPSA) is 59.8 Å². The first-order valence-corrected chi connectivity index (χ1v) is 11.6. The maximum absolute atomic E-state index is 12.3. The van der Waals surface area contributed by atoms with Gasteiger partial charge in [-0.3, -0.25) is 4.79 Å². The van der Waals surface area contributed by atoms with Crippen LogP contribution in [0.15, 0.2) is 29.4 Å². The van der Waals surface area contributed by atoms with E-state index in [0.717, 1.165) is 42.4 Å². The van der Waals surface area contributed by atoms with Crippen LogP contribution in [0.2, 0.25) is 5.02 Å². The van der Waals surface area contributed by atoms with E-state index in [9.17, 15) is 4.79 Å². The number of hydrogen-bond acceptors (Lipinski definition) is 4. The second kappa shape index (κ2) is 12.1. The highest BCUT2D eigenvalue weighted by atomic mass is 35.5. The smallest absolute Gasteiger partial charge is 0.230 e. The second-order valence-corrected chi connectivity index (χ2v) is 8.27. The summed E-state index contributed by atoms with van der Waals surface area (Å²) in [4.78, 5) is 12.3. The van der Waals surface area contributed by atoms with Gasteiger partial charge in [0.15, 0.2) is 11.0 Å². The number of benzene rings is 1. The van der Waals surface area contributed by atoms with Gasteiger partial charge in [0.05, 0.1) is 5.75 Å². The number of nitrogens with one attached hydrogen (secondary N) is 1. The molecule has 0 bridgehead atoms. The number of rotatable bonds is 12. The summed E-state index contributed by atoms with van der Waals surface area (Å²) in [5.74, 6) is 1.23. The Balaban J connectivity index is 2.11. The molecule has 0 atom stereocenters. The third kappa shape index (κ3) is 6.82. The molecule has 0 fully saturated rings. The molecule has 0 aliphatic rings. The third-order valence-electron chi connectivity index (χ3n) is 4.74. The molecule has 0 aliphatic heterocycles. The van der Waals surface area contributed by atoms with Crippen molar-refractivity contribution >= 4 is 29.3 Å². The standard InChI is InChI=1S/C21H31ClN4OS/c1-4-7-8-9-14-26-20(16-10-12-17(22)13-11-16)24-25-21(26)28-15-19(27)23-18(5-2)6-3/h10-13,18H,4-9,14-15H2,1-3H3,(H,23,27). The Labute approximate surface area is 177 Å². The number of aromatic nitrogens is 3. The molecule has 0 saturated heterocycles. The Kier molecular flexibility index (Phi) is 9.85. The summed E-state index contributed by atoms with van der Waals surface area (Å²) in [5.41, 5.74) is 0.987. The molecular weight excluding hydrogens is 392 g/mol. The number of unbranched alkanes of at least 4 members (excludes halogenated alkanes) is 3. The minimum Gasteiger partial charge on any atom is -0.353 e. The van der Waals surface area contributed by atoms with Crippen molar-refractivity contribution in [1.82, 2.24) is 20.1 Å². The van der Waals surface area contributed by atoms with E-state index in [2.05, 4.69) is 40.9 Å². The summed E-state index contributed by atoms with van der Waals surface area (Å²) in [6.07, 6.45) is 6.55. The molecule has 0 radical (unpaired) electrons. The molecule has 0 unspecified atom stereocenters. The van der Waals surface area contributed by atoms with Gasteiger partial charge in [-0.25, -0.2) is 0 Å². The lowest BCUT2D eigenvalue weighted by Crippen LogP contribution is -2.35. The maximum atomic E-state index is 12.3. The Morgan fingerprint density at radius 2 is 1.82 bits per heavy atom. The van der Waals surface area contributed by atoms with Crippen molar-refractivity contribution in [2.24, 2.45) is 0 Å². The van der Waals surface area contributed by atoms with Crippen molar-refractivity contribution in [2.75, 3.05) is 5.75 Å². The zero-order valence-corrected chi connectivity index (χ0v) is 18.7. The number of halogens is 1. The predicted molar refractivity (Wildman–Crippen MR) is 118 cm³/mol. The molecule has 1 aromatic carbocycles. The largest absolute Gasteiger partial charge is 0.353 e. The lowest BCUT2D eigenvalue weighted by atomic mass is 10.2. The molecule has 1 aromatic heterocycles. The van der Waals surface area contributed by atoms with Crippen molar-refractivity contribution in [3.8, 4) is 11.4 Å². The van der Waals surface area contributed by atoms with Gasteiger partial charge in [0.1, 0.15) is 0 Å². The van der Waals surface area contributed by atoms with Gasteiger partial charge in [0.2, 0.25) is 5.91 Å². The van der Waals surface area contributed by atoms with Gasteiger partial charge in [-0.05, 0) is 43.5 Å². The van der Waals surface area contributed by atoms with Crippen molar-refractivity contribution in [2.45, 2.75) is 77.0 Å². The molecule has 1 heterocycles. The highest BCUT2D eigenvalue weighted by Crippen LogP contribution is 2.26. The Morgan fingerprint density at radius 1 is 1.11 bits per heavy atom. The van der Waals surface area contributed by atoms with E-state index < -0.39 is 0 Å². The summed E-state index contributed by atoms with van der Waals surface area (Å²) in [7, 11) is 0. The summed E-state index contributed by atoms with van der Waals surface area (Å²) in [6.45, 7) is 7.24. The highest BCUT2D eigenvalue weighted by molar-refractivity contribution is 7.99. The molecule has 1 N–H and O–H groups in total. The van der Waals surface area contributed by atoms with E-state index in [1.807, 2.05) is 24.3 Å². The quantitative estimate of drug-likeness (QED) is 0.358. The number of carbonyl (C=O) groups is 1. The van der Waals surface area contributed by atoms with Gasteiger partial charge in [-0.15, -0.1) is 10.2 Å². The molecule has 1 amide bonds. The van der Waals surface area contributed by atoms with Gasteiger partial charge < -0.3 is 9.88 Å². The monoisotopic (exact) mass is 422 g/mol. The fourth-order valence-electron chi connectivity index (χ4n) is 3.00. The summed E-state index contributed by atoms with van der Waals surface area (Å²) in [5, 5.41) is 13.3. The third-order valence-corrected chi connectivity index (χ3v) is 5.96. The molecular formula is C21H31ClN4OS. The molecule has 154 valence electrons. The van der Waals surface area contributed by atoms with E-state index in [4.69, 9.17) is 11.6 Å². The van der Waals surface area contributed by atoms with E-state index in [1.165, 1.54) is 31.0 Å². The lowest BCUT2D eigenvalue weighted by molar-refractivity contribution is -0.119. The van der Waals surface area contributed by atoms with Gasteiger partial charge in [-0.2, -0.15) is 0 Å². The van der Waals surface area contributed by atoms with Crippen molar-refractivity contribution in [3.05, 3.63) is 29.3 Å². The zero-order chi connectivity index (χ0) is 20.4. The summed E-state index contributed by atoms with van der Waals surface area (Å²) >= 11 is 7.47. The van der Waals surface area contributed by atoms with Crippen LogP contribution in [0.4, 0.5) is 0 Å². The fraction of sp³-hybridized carbons (Fsp3) is 0.571. The maximum Gasteiger partial charge on any atom is 0.230 e. The number of nitrogens with zero attached hydrogens (tertiary/aromatic N) is 3. The van der Waals surface area contributed by atoms with Crippen LogP contribution in [0.3, 0.4) is 0 Å². The summed E-state index contributed by atoms with van der Waals surface area (Å²) < 4.78 is 2.13. The SMILES string of the molecule is CCCCCCn1c(SCC(=O)NC(CC)CC)nnc1-c1ccc(Cl)cc1. The molecule has 0 spiro atoms. The van der Waals surface area contributed by atoms with Gasteiger partial charge in [0, 0.05) is 23.2 Å². The number of hydrogen-bond donors (Lipinski definition) is 1. The van der Waals surface area contributed by atoms with E-state index >= 15 is 0 Å². The predicted octanol–water partition coefficient (Wildman–Crippen LogP) is 5.58. The lowest BCUT2D eigenvalue weighted by Gasteiger charge is -2.14. The van der Waals surface area contributed by atoms with Crippen LogP contribution in [0.25, 0.3) is 11.4 Å². The number of thioether (sulfide) groups is 1. The second-order valence-electron chi connectivity index (χ2n) is 6.89. The average Bonchev–Trinajstić information content (AvgIpc) is 3.11. The van der Waals surface area contributed by atoms with Crippen LogP contribution in [-0.2, 0) is 11.3 Å². The van der Waals surface area contributed by atoms with E-state index in [1.54, 1.807) is 0 Å². The van der Waals surface area contributed by atoms with E-state index in [0.29, 0.717) is 10.8 Å². The van der Waals surface area contributed by atoms with Crippen LogP contribution in [0.5, 0.6) is 0 Å². The molecule has 0 saturated carbocycles. The first-order valence-electron chi connectivity index (χ1n) is 10.2. The minimum absolute atomic E-state index is 0.0484. The van der Waals surface area contributed by atoms with Gasteiger partial charge in [0.25, 0.3) is 0 Å². The Hall–Kier alpha value is -1.53. The van der Waals surface area contributed by atoms with Crippen LogP contribution >= 0.6 is 23.4 Å². The molecule has 28 heavy (non-hydrogen) atoms. The van der Waals surface area contributed by atoms with Crippen LogP contribution in [0, 0.1) is 0 Å². The van der Waals surface area contributed by atoms with Crippen molar-refractivity contribution in [3.63, 3.8) is 0 Å². The van der Waals surface area contributed by atoms with Crippen molar-refractivity contribution in [1.29, 1.82) is 0 Å². The molecule has 2 rings (SSSR count). The average molecular weight is 423 g/mol. The van der Waals surface area contributed by atoms with Crippen molar-refractivity contribution < 1.29 is 4.79 Å². The van der Waals surface area contributed by atoms with Gasteiger partial charge in [-0.1, -0.05) is 63.4 Å². The number of carbonyl (C=O) groups excluding carboxylic acids is 1. The highest BCUT2D eigenvalue weighted by Gasteiger charge is 2.16. The van der Waals surface area contributed by atoms with E-state index in [-0.39, 0.29) is 11.9 Å². The Morgan fingerprint density at radius 3 is 2.46 bits per heavy atom. The molecule has 7 heteroatoms. The van der Waals surface area contributed by atoms with Crippen LogP contribution in [-0.4, -0.2) is 32.5 Å². The van der Waals surface area contributed by atoms with Gasteiger partial charge >= 0.3 is 0 Å². The first kappa shape index (κ1) is 22.8. The Bertz CT molecular complexity index is 729. The molecule has 2 aromatic rings. The van der Waals surface area contributed by atoms with Crippen LogP contribution in [0.1, 0.15) is 59.3 Å². The zero-order valence-electron chi connectivity index (χ0n) is 17.1. The summed E-state index contributed by atoms with van der Waals surface area (Å²) in [6, 6.07) is 7.89. The normalized spacial score (nSPS) is 11.2. The number of amides is 1.